The standard InChI is InChI=1S/C18H20N2O3/c1-12-6-9-18(10-7-12,17(22)23)20-16(21)15-14-5-3-2-4-13(14)8-11-19-15/h2-5,8,11-12H,6-7,9-10H2,1H3,(H,20,21)(H,22,23). The number of carboxylic acid groups (broad SMARTS) is 1. The van der Waals surface area contributed by atoms with Gasteiger partial charge in [-0.05, 0) is 43.1 Å². The number of nitrogens with one attached hydrogen (secondary N) is 1. The number of amides is 1. The number of nitrogens with zero attached hydrogens (tertiary/aromatic N) is 1. The number of rotatable bonds is 3. The minimum atomic E-state index is -1.18. The molecule has 23 heavy (non-hydrogen) atoms. The lowest BCUT2D eigenvalue weighted by atomic mass is 9.77. The molecule has 5 heteroatoms. The van der Waals surface area contributed by atoms with E-state index in [1.54, 1.807) is 6.20 Å². The van der Waals surface area contributed by atoms with E-state index in [-0.39, 0.29) is 5.69 Å². The van der Waals surface area contributed by atoms with Crippen LogP contribution >= 0.6 is 0 Å². The predicted octanol–water partition coefficient (Wildman–Crippen LogP) is 3.00. The molecule has 2 N–H and O–H groups in total. The summed E-state index contributed by atoms with van der Waals surface area (Å²) >= 11 is 0. The minimum absolute atomic E-state index is 0.280. The van der Waals surface area contributed by atoms with Crippen LogP contribution in [0.2, 0.25) is 0 Å². The Balaban J connectivity index is 1.91. The first-order valence-corrected chi connectivity index (χ1v) is 7.91. The SMILES string of the molecule is CC1CCC(NC(=O)c2nccc3ccccc23)(C(=O)O)CC1. The number of pyridine rings is 1. The van der Waals surface area contributed by atoms with Crippen molar-refractivity contribution in [1.29, 1.82) is 0 Å². The van der Waals surface area contributed by atoms with Crippen molar-refractivity contribution in [3.05, 3.63) is 42.2 Å². The highest BCUT2D eigenvalue weighted by molar-refractivity contribution is 6.06. The largest absolute Gasteiger partial charge is 0.480 e. The van der Waals surface area contributed by atoms with Crippen LogP contribution < -0.4 is 5.32 Å². The smallest absolute Gasteiger partial charge is 0.329 e. The summed E-state index contributed by atoms with van der Waals surface area (Å²) in [5.74, 6) is -0.883. The van der Waals surface area contributed by atoms with Crippen molar-refractivity contribution in [1.82, 2.24) is 10.3 Å². The third kappa shape index (κ3) is 2.91. The van der Waals surface area contributed by atoms with E-state index in [9.17, 15) is 14.7 Å². The number of carboxylic acids is 1. The van der Waals surface area contributed by atoms with Gasteiger partial charge in [-0.15, -0.1) is 0 Å². The molecule has 1 aliphatic carbocycles. The van der Waals surface area contributed by atoms with E-state index >= 15 is 0 Å². The summed E-state index contributed by atoms with van der Waals surface area (Å²) in [5, 5.41) is 14.1. The maximum absolute atomic E-state index is 12.7. The Hall–Kier alpha value is -2.43. The molecule has 1 saturated carbocycles. The molecule has 0 radical (unpaired) electrons. The fourth-order valence-electron chi connectivity index (χ4n) is 3.22. The summed E-state index contributed by atoms with van der Waals surface area (Å²) in [6.45, 7) is 2.11. The number of aromatic nitrogens is 1. The number of fused-ring (bicyclic) bond motifs is 1. The maximum Gasteiger partial charge on any atom is 0.329 e. The molecule has 1 aliphatic rings. The van der Waals surface area contributed by atoms with Gasteiger partial charge in [0.1, 0.15) is 11.2 Å². The Morgan fingerprint density at radius 2 is 1.91 bits per heavy atom. The molecule has 1 aromatic carbocycles. The summed E-state index contributed by atoms with van der Waals surface area (Å²) in [7, 11) is 0. The average Bonchev–Trinajstić information content (AvgIpc) is 2.56. The van der Waals surface area contributed by atoms with Gasteiger partial charge in [-0.1, -0.05) is 31.2 Å². The first-order valence-electron chi connectivity index (χ1n) is 7.91. The van der Waals surface area contributed by atoms with E-state index in [0.717, 1.165) is 23.6 Å². The Labute approximate surface area is 134 Å². The second-order valence-corrected chi connectivity index (χ2v) is 6.40. The third-order valence-corrected chi connectivity index (χ3v) is 4.78. The van der Waals surface area contributed by atoms with Gasteiger partial charge in [0.05, 0.1) is 0 Å². The zero-order valence-electron chi connectivity index (χ0n) is 13.1. The lowest BCUT2D eigenvalue weighted by Crippen LogP contribution is -2.56. The Bertz CT molecular complexity index is 744. The molecule has 1 heterocycles. The number of hydrogen-bond acceptors (Lipinski definition) is 3. The van der Waals surface area contributed by atoms with Crippen LogP contribution in [0.25, 0.3) is 10.8 Å². The predicted molar refractivity (Wildman–Crippen MR) is 87.2 cm³/mol. The van der Waals surface area contributed by atoms with E-state index in [1.807, 2.05) is 30.3 Å². The van der Waals surface area contributed by atoms with Crippen LogP contribution in [0.4, 0.5) is 0 Å². The van der Waals surface area contributed by atoms with Gasteiger partial charge in [-0.2, -0.15) is 0 Å². The van der Waals surface area contributed by atoms with Crippen LogP contribution in [0, 0.1) is 5.92 Å². The van der Waals surface area contributed by atoms with E-state index in [0.29, 0.717) is 18.8 Å². The molecular formula is C18H20N2O3. The Morgan fingerprint density at radius 1 is 1.22 bits per heavy atom. The van der Waals surface area contributed by atoms with Crippen LogP contribution in [-0.4, -0.2) is 27.5 Å². The summed E-state index contributed by atoms with van der Waals surface area (Å²) in [5.41, 5.74) is -0.898. The lowest BCUT2D eigenvalue weighted by Gasteiger charge is -2.36. The first-order chi connectivity index (χ1) is 11.0. The van der Waals surface area contributed by atoms with Crippen molar-refractivity contribution >= 4 is 22.6 Å². The van der Waals surface area contributed by atoms with E-state index in [2.05, 4.69) is 17.2 Å². The Kier molecular flexibility index (Phi) is 4.03. The zero-order chi connectivity index (χ0) is 16.4. The Morgan fingerprint density at radius 3 is 2.61 bits per heavy atom. The van der Waals surface area contributed by atoms with Gasteiger partial charge in [0.25, 0.3) is 5.91 Å². The first kappa shape index (κ1) is 15.5. The second kappa shape index (κ2) is 5.99. The van der Waals surface area contributed by atoms with Crippen LogP contribution in [0.15, 0.2) is 36.5 Å². The molecule has 0 bridgehead atoms. The van der Waals surface area contributed by atoms with E-state index < -0.39 is 17.4 Å². The molecule has 5 nitrogen and oxygen atoms in total. The van der Waals surface area contributed by atoms with Gasteiger partial charge in [-0.3, -0.25) is 9.78 Å². The van der Waals surface area contributed by atoms with Crippen LogP contribution in [0.1, 0.15) is 43.1 Å². The molecule has 0 spiro atoms. The van der Waals surface area contributed by atoms with Gasteiger partial charge < -0.3 is 10.4 Å². The van der Waals surface area contributed by atoms with Crippen LogP contribution in [-0.2, 0) is 4.79 Å². The maximum atomic E-state index is 12.7. The number of aliphatic carboxylic acids is 1. The molecule has 3 rings (SSSR count). The van der Waals surface area contributed by atoms with Crippen molar-refractivity contribution in [2.45, 2.75) is 38.1 Å². The number of carbonyl (C=O) groups is 2. The van der Waals surface area contributed by atoms with Crippen molar-refractivity contribution in [2.75, 3.05) is 0 Å². The van der Waals surface area contributed by atoms with Gasteiger partial charge in [0.15, 0.2) is 0 Å². The highest BCUT2D eigenvalue weighted by Crippen LogP contribution is 2.32. The molecule has 1 aromatic heterocycles. The van der Waals surface area contributed by atoms with Gasteiger partial charge in [0, 0.05) is 11.6 Å². The molecule has 0 aliphatic heterocycles. The summed E-state index contributed by atoms with van der Waals surface area (Å²) in [6, 6.07) is 9.30. The van der Waals surface area contributed by atoms with Gasteiger partial charge in [-0.25, -0.2) is 4.79 Å². The van der Waals surface area contributed by atoms with Crippen molar-refractivity contribution < 1.29 is 14.7 Å². The van der Waals surface area contributed by atoms with Crippen molar-refractivity contribution in [2.24, 2.45) is 5.92 Å². The molecular weight excluding hydrogens is 292 g/mol. The molecule has 1 amide bonds. The summed E-state index contributed by atoms with van der Waals surface area (Å²) in [4.78, 5) is 28.6. The van der Waals surface area contributed by atoms with Crippen molar-refractivity contribution in [3.63, 3.8) is 0 Å². The monoisotopic (exact) mass is 312 g/mol. The van der Waals surface area contributed by atoms with Gasteiger partial charge in [0.2, 0.25) is 0 Å². The van der Waals surface area contributed by atoms with E-state index in [1.165, 1.54) is 0 Å². The molecule has 2 aromatic rings. The van der Waals surface area contributed by atoms with Gasteiger partial charge >= 0.3 is 5.97 Å². The topological polar surface area (TPSA) is 79.3 Å². The number of hydrogen-bond donors (Lipinski definition) is 2. The second-order valence-electron chi connectivity index (χ2n) is 6.40. The average molecular weight is 312 g/mol. The molecule has 1 fully saturated rings. The number of carbonyl (C=O) groups excluding carboxylic acids is 1. The lowest BCUT2D eigenvalue weighted by molar-refractivity contribution is -0.146. The normalized spacial score (nSPS) is 24.3. The van der Waals surface area contributed by atoms with Crippen molar-refractivity contribution in [3.8, 4) is 0 Å². The highest BCUT2D eigenvalue weighted by Gasteiger charge is 2.42. The fourth-order valence-corrected chi connectivity index (χ4v) is 3.22. The summed E-state index contributed by atoms with van der Waals surface area (Å²) < 4.78 is 0. The fraction of sp³-hybridized carbons (Fsp3) is 0.389. The minimum Gasteiger partial charge on any atom is -0.480 e. The highest BCUT2D eigenvalue weighted by atomic mass is 16.4. The van der Waals surface area contributed by atoms with Crippen LogP contribution in [0.3, 0.4) is 0 Å². The molecule has 120 valence electrons. The molecule has 0 atom stereocenters. The molecule has 0 unspecified atom stereocenters. The van der Waals surface area contributed by atoms with Crippen LogP contribution in [0.5, 0.6) is 0 Å². The summed E-state index contributed by atoms with van der Waals surface area (Å²) in [6.07, 6.45) is 4.10. The third-order valence-electron chi connectivity index (χ3n) is 4.78. The van der Waals surface area contributed by atoms with E-state index in [4.69, 9.17) is 0 Å². The molecule has 0 saturated heterocycles. The zero-order valence-corrected chi connectivity index (χ0v) is 13.1. The number of benzene rings is 1. The quantitative estimate of drug-likeness (QED) is 0.913.